The third kappa shape index (κ3) is 5.88. The van der Waals surface area contributed by atoms with Crippen LogP contribution in [0.2, 0.25) is 0 Å². The van der Waals surface area contributed by atoms with E-state index in [1.807, 2.05) is 0 Å². The molecule has 0 aliphatic heterocycles. The third-order valence-electron chi connectivity index (χ3n) is 0.698. The van der Waals surface area contributed by atoms with Crippen LogP contribution in [0.5, 0.6) is 0 Å². The maximum Gasteiger partial charge on any atom is 0.0729 e. The summed E-state index contributed by atoms with van der Waals surface area (Å²) in [6.07, 6.45) is 0. The number of rotatable bonds is 3. The summed E-state index contributed by atoms with van der Waals surface area (Å²) in [5, 5.41) is 9.05. The third-order valence-corrected chi connectivity index (χ3v) is 0.698. The second-order valence-electron chi connectivity index (χ2n) is 2.42. The van der Waals surface area contributed by atoms with Gasteiger partial charge in [-0.2, -0.15) is 0 Å². The molecule has 0 saturated heterocycles. The van der Waals surface area contributed by atoms with E-state index in [0.717, 1.165) is 0 Å². The molecule has 8 heavy (non-hydrogen) atoms. The van der Waals surface area contributed by atoms with Crippen molar-refractivity contribution in [2.75, 3.05) is 13.6 Å². The summed E-state index contributed by atoms with van der Waals surface area (Å²) in [7, 11) is 1.77. The van der Waals surface area contributed by atoms with Gasteiger partial charge in [0.25, 0.3) is 0 Å². The van der Waals surface area contributed by atoms with Crippen molar-refractivity contribution in [3.8, 4) is 0 Å². The van der Waals surface area contributed by atoms with E-state index in [0.29, 0.717) is 6.54 Å². The van der Waals surface area contributed by atoms with Crippen LogP contribution in [0.3, 0.4) is 0 Å². The lowest BCUT2D eigenvalue weighted by Crippen LogP contribution is -2.40. The van der Waals surface area contributed by atoms with Gasteiger partial charge in [0, 0.05) is 6.54 Å². The van der Waals surface area contributed by atoms with E-state index in [-0.39, 0.29) is 0 Å². The van der Waals surface area contributed by atoms with E-state index in [1.165, 1.54) is 0 Å². The molecule has 0 aliphatic carbocycles. The van der Waals surface area contributed by atoms with Crippen molar-refractivity contribution in [3.63, 3.8) is 0 Å². The molecule has 0 aromatic heterocycles. The first kappa shape index (κ1) is 7.88. The van der Waals surface area contributed by atoms with Crippen LogP contribution >= 0.6 is 0 Å². The van der Waals surface area contributed by atoms with Gasteiger partial charge in [0.1, 0.15) is 0 Å². The van der Waals surface area contributed by atoms with Crippen molar-refractivity contribution in [1.82, 2.24) is 10.9 Å². The summed E-state index contributed by atoms with van der Waals surface area (Å²) in [4.78, 5) is 0. The Morgan fingerprint density at radius 3 is 2.12 bits per heavy atom. The van der Waals surface area contributed by atoms with E-state index in [2.05, 4.69) is 10.9 Å². The molecule has 50 valence electrons. The number of nitrogens with one attached hydrogen (secondary N) is 2. The summed E-state index contributed by atoms with van der Waals surface area (Å²) in [5.74, 6) is 0. The lowest BCUT2D eigenvalue weighted by atomic mass is 10.1. The summed E-state index contributed by atoms with van der Waals surface area (Å²) >= 11 is 0. The van der Waals surface area contributed by atoms with E-state index in [1.54, 1.807) is 20.9 Å². The van der Waals surface area contributed by atoms with Crippen molar-refractivity contribution in [3.05, 3.63) is 0 Å². The van der Waals surface area contributed by atoms with Gasteiger partial charge in [-0.1, -0.05) is 0 Å². The minimum Gasteiger partial charge on any atom is -0.389 e. The number of hydrogen-bond donors (Lipinski definition) is 3. The second-order valence-corrected chi connectivity index (χ2v) is 2.42. The van der Waals surface area contributed by atoms with Gasteiger partial charge in [-0.3, -0.25) is 10.9 Å². The van der Waals surface area contributed by atoms with Gasteiger partial charge < -0.3 is 5.11 Å². The van der Waals surface area contributed by atoms with Crippen LogP contribution in [0, 0.1) is 0 Å². The van der Waals surface area contributed by atoms with Crippen molar-refractivity contribution < 1.29 is 5.11 Å². The lowest BCUT2D eigenvalue weighted by molar-refractivity contribution is 0.0767. The zero-order chi connectivity index (χ0) is 6.62. The summed E-state index contributed by atoms with van der Waals surface area (Å²) in [6, 6.07) is 0. The average Bonchev–Trinajstić information content (AvgIpc) is 1.59. The summed E-state index contributed by atoms with van der Waals surface area (Å²) < 4.78 is 0. The van der Waals surface area contributed by atoms with Crippen LogP contribution in [0.15, 0.2) is 0 Å². The Hall–Kier alpha value is -0.120. The quantitative estimate of drug-likeness (QED) is 0.437. The predicted molar refractivity (Wildman–Crippen MR) is 33.4 cm³/mol. The maximum absolute atomic E-state index is 9.05. The Morgan fingerprint density at radius 2 is 2.00 bits per heavy atom. The average molecular weight is 118 g/mol. The normalized spacial score (nSPS) is 12.0. The number of aliphatic hydroxyl groups is 1. The highest BCUT2D eigenvalue weighted by molar-refractivity contribution is 4.65. The van der Waals surface area contributed by atoms with Crippen LogP contribution in [-0.2, 0) is 0 Å². The molecule has 0 radical (unpaired) electrons. The van der Waals surface area contributed by atoms with Gasteiger partial charge in [-0.25, -0.2) is 0 Å². The molecule has 0 amide bonds. The van der Waals surface area contributed by atoms with Crippen molar-refractivity contribution in [2.24, 2.45) is 0 Å². The van der Waals surface area contributed by atoms with Gasteiger partial charge in [0.15, 0.2) is 0 Å². The molecule has 3 N–H and O–H groups in total. The molecule has 0 aromatic rings. The Kier molecular flexibility index (Phi) is 2.97. The molecular weight excluding hydrogens is 104 g/mol. The molecule has 0 bridgehead atoms. The lowest BCUT2D eigenvalue weighted by Gasteiger charge is -2.16. The Morgan fingerprint density at radius 1 is 1.50 bits per heavy atom. The Labute approximate surface area is 50.1 Å². The predicted octanol–water partition coefficient (Wildman–Crippen LogP) is -0.519. The van der Waals surface area contributed by atoms with Gasteiger partial charge in [0.2, 0.25) is 0 Å². The first-order valence-electron chi connectivity index (χ1n) is 2.68. The maximum atomic E-state index is 9.05. The van der Waals surface area contributed by atoms with Crippen LogP contribution in [0.1, 0.15) is 13.8 Å². The SMILES string of the molecule is CNNCC(C)(C)O. The molecule has 0 aromatic carbocycles. The highest BCUT2D eigenvalue weighted by atomic mass is 16.3. The Bertz CT molecular complexity index is 57.9. The topological polar surface area (TPSA) is 44.3 Å². The fourth-order valence-electron chi connectivity index (χ4n) is 0.305. The van der Waals surface area contributed by atoms with E-state index in [9.17, 15) is 0 Å². The minimum atomic E-state index is -0.622. The van der Waals surface area contributed by atoms with Crippen molar-refractivity contribution >= 4 is 0 Å². The van der Waals surface area contributed by atoms with E-state index >= 15 is 0 Å². The molecule has 0 heterocycles. The molecule has 0 atom stereocenters. The highest BCUT2D eigenvalue weighted by Gasteiger charge is 2.09. The van der Waals surface area contributed by atoms with Gasteiger partial charge in [-0.15, -0.1) is 0 Å². The van der Waals surface area contributed by atoms with Crippen LogP contribution < -0.4 is 10.9 Å². The standard InChI is InChI=1S/C5H14N2O/c1-5(2,8)4-7-6-3/h6-8H,4H2,1-3H3. The van der Waals surface area contributed by atoms with Crippen LogP contribution in [0.4, 0.5) is 0 Å². The summed E-state index contributed by atoms with van der Waals surface area (Å²) in [5.41, 5.74) is 4.88. The monoisotopic (exact) mass is 118 g/mol. The molecule has 3 nitrogen and oxygen atoms in total. The molecule has 0 fully saturated rings. The van der Waals surface area contributed by atoms with Crippen LogP contribution in [0.25, 0.3) is 0 Å². The van der Waals surface area contributed by atoms with Gasteiger partial charge in [0.05, 0.1) is 5.60 Å². The Balaban J connectivity index is 3.11. The molecule has 0 spiro atoms. The van der Waals surface area contributed by atoms with Crippen LogP contribution in [-0.4, -0.2) is 24.3 Å². The number of hydrazine groups is 1. The second kappa shape index (κ2) is 3.02. The molecule has 0 rings (SSSR count). The van der Waals surface area contributed by atoms with Gasteiger partial charge >= 0.3 is 0 Å². The zero-order valence-electron chi connectivity index (χ0n) is 5.65. The first-order chi connectivity index (χ1) is 3.56. The minimum absolute atomic E-state index is 0.559. The molecule has 3 heteroatoms. The molecular formula is C5H14N2O. The fourth-order valence-corrected chi connectivity index (χ4v) is 0.305. The largest absolute Gasteiger partial charge is 0.389 e. The highest BCUT2D eigenvalue weighted by Crippen LogP contribution is 1.95. The van der Waals surface area contributed by atoms with E-state index in [4.69, 9.17) is 5.11 Å². The fraction of sp³-hybridized carbons (Fsp3) is 1.00. The van der Waals surface area contributed by atoms with E-state index < -0.39 is 5.60 Å². The zero-order valence-corrected chi connectivity index (χ0v) is 5.65. The van der Waals surface area contributed by atoms with Gasteiger partial charge in [-0.05, 0) is 20.9 Å². The first-order valence-corrected chi connectivity index (χ1v) is 2.68. The smallest absolute Gasteiger partial charge is 0.0729 e. The summed E-state index contributed by atoms with van der Waals surface area (Å²) in [6.45, 7) is 4.05. The van der Waals surface area contributed by atoms with Crippen molar-refractivity contribution in [2.45, 2.75) is 19.4 Å². The number of hydrogen-bond acceptors (Lipinski definition) is 3. The molecule has 0 saturated carbocycles. The molecule has 0 aliphatic rings. The van der Waals surface area contributed by atoms with Crippen molar-refractivity contribution in [1.29, 1.82) is 0 Å². The molecule has 0 unspecified atom stereocenters.